The summed E-state index contributed by atoms with van der Waals surface area (Å²) in [5.41, 5.74) is 0. The van der Waals surface area contributed by atoms with E-state index >= 15 is 0 Å². The van der Waals surface area contributed by atoms with E-state index in [9.17, 15) is 0 Å². The van der Waals surface area contributed by atoms with Gasteiger partial charge in [0.2, 0.25) is 0 Å². The lowest BCUT2D eigenvalue weighted by Crippen LogP contribution is -1.83. The van der Waals surface area contributed by atoms with Gasteiger partial charge < -0.3 is 0 Å². The third kappa shape index (κ3) is 12.5. The normalized spacial score (nSPS) is 25.6. The van der Waals surface area contributed by atoms with Crippen molar-refractivity contribution in [3.63, 3.8) is 0 Å². The lowest BCUT2D eigenvalue weighted by molar-refractivity contribution is 0.542. The Hall–Kier alpha value is -0.520. The molecule has 0 heterocycles. The molecule has 116 valence electrons. The molecule has 0 bridgehead atoms. The van der Waals surface area contributed by atoms with Gasteiger partial charge in [0.05, 0.1) is 0 Å². The zero-order valence-electron chi connectivity index (χ0n) is 13.6. The molecule has 0 aromatic carbocycles. The molecule has 0 saturated carbocycles. The second-order valence-electron chi connectivity index (χ2n) is 6.34. The van der Waals surface area contributed by atoms with Crippen LogP contribution in [0.1, 0.15) is 103 Å². The van der Waals surface area contributed by atoms with E-state index < -0.39 is 0 Å². The lowest BCUT2D eigenvalue weighted by Gasteiger charge is -2.03. The molecule has 0 atom stereocenters. The van der Waals surface area contributed by atoms with E-state index in [-0.39, 0.29) is 0 Å². The number of hydrogen-bond donors (Lipinski definition) is 0. The zero-order chi connectivity index (χ0) is 14.1. The molecule has 1 rings (SSSR count). The first-order valence-electron chi connectivity index (χ1n) is 9.30. The molecular weight excluding hydrogens is 240 g/mol. The largest absolute Gasteiger partial charge is 0.0885 e. The van der Waals surface area contributed by atoms with Crippen LogP contribution in [0.5, 0.6) is 0 Å². The topological polar surface area (TPSA) is 0 Å². The molecule has 1 aliphatic carbocycles. The maximum absolute atomic E-state index is 2.40. The molecule has 0 spiro atoms. The molecule has 0 aromatic heterocycles. The standard InChI is InChI=1S/C20H36/c1-2-4-6-8-10-12-14-16-18-20-19-17-15-13-11-9-7-5-3-1/h1-2,7,9H,3-6,8,10-20H2/b2-1+,9-7+. The highest BCUT2D eigenvalue weighted by molar-refractivity contribution is 4.88. The van der Waals surface area contributed by atoms with E-state index in [0.29, 0.717) is 0 Å². The molecule has 0 radical (unpaired) electrons. The molecule has 20 heavy (non-hydrogen) atoms. The predicted octanol–water partition coefficient (Wildman–Crippen LogP) is 7.35. The van der Waals surface area contributed by atoms with Crippen molar-refractivity contribution in [3.05, 3.63) is 24.3 Å². The zero-order valence-corrected chi connectivity index (χ0v) is 13.6. The van der Waals surface area contributed by atoms with Gasteiger partial charge in [-0.1, -0.05) is 88.5 Å². The first-order chi connectivity index (χ1) is 10.0. The lowest BCUT2D eigenvalue weighted by atomic mass is 10.0. The summed E-state index contributed by atoms with van der Waals surface area (Å²) in [4.78, 5) is 0. The Morgan fingerprint density at radius 2 is 0.500 bits per heavy atom. The summed E-state index contributed by atoms with van der Waals surface area (Å²) >= 11 is 0. The summed E-state index contributed by atoms with van der Waals surface area (Å²) < 4.78 is 0. The van der Waals surface area contributed by atoms with Gasteiger partial charge in [-0.2, -0.15) is 0 Å². The van der Waals surface area contributed by atoms with Crippen molar-refractivity contribution >= 4 is 0 Å². The third-order valence-corrected chi connectivity index (χ3v) is 4.32. The molecule has 0 N–H and O–H groups in total. The summed E-state index contributed by atoms with van der Waals surface area (Å²) in [6.45, 7) is 0. The van der Waals surface area contributed by atoms with Gasteiger partial charge in [-0.25, -0.2) is 0 Å². The van der Waals surface area contributed by atoms with Crippen molar-refractivity contribution in [2.45, 2.75) is 103 Å². The quantitative estimate of drug-likeness (QED) is 0.405. The van der Waals surface area contributed by atoms with Crippen LogP contribution in [-0.2, 0) is 0 Å². The molecule has 0 fully saturated rings. The van der Waals surface area contributed by atoms with E-state index in [0.717, 1.165) is 0 Å². The fraction of sp³-hybridized carbons (Fsp3) is 0.800. The minimum Gasteiger partial charge on any atom is -0.0885 e. The smallest absolute Gasteiger partial charge is 0.0316 e. The predicted molar refractivity (Wildman–Crippen MR) is 92.2 cm³/mol. The molecule has 0 nitrogen and oxygen atoms in total. The Morgan fingerprint density at radius 3 is 0.850 bits per heavy atom. The fourth-order valence-electron chi connectivity index (χ4n) is 2.96. The highest BCUT2D eigenvalue weighted by atomic mass is 14.0. The van der Waals surface area contributed by atoms with Gasteiger partial charge in [-0.15, -0.1) is 0 Å². The second kappa shape index (κ2) is 14.9. The summed E-state index contributed by atoms with van der Waals surface area (Å²) in [5, 5.41) is 0. The molecular formula is C20H36. The molecule has 0 aliphatic heterocycles. The minimum absolute atomic E-state index is 1.23. The van der Waals surface area contributed by atoms with Crippen LogP contribution in [-0.4, -0.2) is 0 Å². The number of allylic oxidation sites excluding steroid dienone is 4. The van der Waals surface area contributed by atoms with Crippen LogP contribution < -0.4 is 0 Å². The molecule has 0 aromatic rings. The summed E-state index contributed by atoms with van der Waals surface area (Å²) in [6, 6.07) is 0. The Bertz CT molecular complexity index is 210. The van der Waals surface area contributed by atoms with E-state index in [1.165, 1.54) is 103 Å². The Morgan fingerprint density at radius 1 is 0.250 bits per heavy atom. The van der Waals surface area contributed by atoms with Crippen LogP contribution >= 0.6 is 0 Å². The van der Waals surface area contributed by atoms with Crippen LogP contribution in [0.15, 0.2) is 24.3 Å². The average Bonchev–Trinajstić information content (AvgIpc) is 2.46. The van der Waals surface area contributed by atoms with E-state index in [4.69, 9.17) is 0 Å². The third-order valence-electron chi connectivity index (χ3n) is 4.32. The first-order valence-corrected chi connectivity index (χ1v) is 9.30. The highest BCUT2D eigenvalue weighted by Gasteiger charge is 1.93. The number of rotatable bonds is 0. The maximum Gasteiger partial charge on any atom is -0.0316 e. The van der Waals surface area contributed by atoms with Crippen LogP contribution in [0, 0.1) is 0 Å². The van der Waals surface area contributed by atoms with Crippen molar-refractivity contribution in [1.29, 1.82) is 0 Å². The van der Waals surface area contributed by atoms with E-state index in [2.05, 4.69) is 24.3 Å². The van der Waals surface area contributed by atoms with Gasteiger partial charge in [0.1, 0.15) is 0 Å². The van der Waals surface area contributed by atoms with Crippen LogP contribution in [0.3, 0.4) is 0 Å². The van der Waals surface area contributed by atoms with Crippen molar-refractivity contribution in [1.82, 2.24) is 0 Å². The van der Waals surface area contributed by atoms with Crippen molar-refractivity contribution in [3.8, 4) is 0 Å². The fourth-order valence-corrected chi connectivity index (χ4v) is 2.96. The van der Waals surface area contributed by atoms with Gasteiger partial charge >= 0.3 is 0 Å². The summed E-state index contributed by atoms with van der Waals surface area (Å²) in [6.07, 6.45) is 32.0. The van der Waals surface area contributed by atoms with Crippen molar-refractivity contribution in [2.75, 3.05) is 0 Å². The summed E-state index contributed by atoms with van der Waals surface area (Å²) in [7, 11) is 0. The molecule has 0 saturated heterocycles. The van der Waals surface area contributed by atoms with Crippen LogP contribution in [0.4, 0.5) is 0 Å². The van der Waals surface area contributed by atoms with Gasteiger partial charge in [0, 0.05) is 0 Å². The van der Waals surface area contributed by atoms with Crippen molar-refractivity contribution < 1.29 is 0 Å². The number of hydrogen-bond acceptors (Lipinski definition) is 0. The van der Waals surface area contributed by atoms with E-state index in [1.54, 1.807) is 0 Å². The Labute approximate surface area is 127 Å². The van der Waals surface area contributed by atoms with Gasteiger partial charge in [-0.3, -0.25) is 0 Å². The van der Waals surface area contributed by atoms with Crippen LogP contribution in [0.2, 0.25) is 0 Å². The molecule has 0 unspecified atom stereocenters. The molecule has 0 heteroatoms. The first kappa shape index (κ1) is 17.5. The van der Waals surface area contributed by atoms with E-state index in [1.807, 2.05) is 0 Å². The monoisotopic (exact) mass is 276 g/mol. The van der Waals surface area contributed by atoms with Gasteiger partial charge in [0.25, 0.3) is 0 Å². The highest BCUT2D eigenvalue weighted by Crippen LogP contribution is 2.13. The van der Waals surface area contributed by atoms with Crippen molar-refractivity contribution in [2.24, 2.45) is 0 Å². The summed E-state index contributed by atoms with van der Waals surface area (Å²) in [5.74, 6) is 0. The van der Waals surface area contributed by atoms with Gasteiger partial charge in [-0.05, 0) is 38.5 Å². The minimum atomic E-state index is 1.23. The second-order valence-corrected chi connectivity index (χ2v) is 6.34. The molecule has 1 aliphatic rings. The maximum atomic E-state index is 2.40. The van der Waals surface area contributed by atoms with Crippen LogP contribution in [0.25, 0.3) is 0 Å². The SMILES string of the molecule is C1=C/CCCCCCCCCCCCCC/C=C/CC/1. The molecule has 0 amide bonds. The Kier molecular flexibility index (Phi) is 13.0. The van der Waals surface area contributed by atoms with Gasteiger partial charge in [0.15, 0.2) is 0 Å². The Balaban J connectivity index is 2.11. The average molecular weight is 277 g/mol.